The average Bonchev–Trinajstić information content (AvgIpc) is 2.31. The van der Waals surface area contributed by atoms with Gasteiger partial charge in [0.15, 0.2) is 0 Å². The molecule has 0 saturated heterocycles. The fourth-order valence-electron chi connectivity index (χ4n) is 1.19. The van der Waals surface area contributed by atoms with Crippen molar-refractivity contribution >= 4 is 17.3 Å². The van der Waals surface area contributed by atoms with Crippen LogP contribution in [0.5, 0.6) is 5.75 Å². The molecule has 0 N–H and O–H groups in total. The lowest BCUT2D eigenvalue weighted by Gasteiger charge is -2.15. The van der Waals surface area contributed by atoms with Gasteiger partial charge in [-0.3, -0.25) is 10.1 Å². The van der Waals surface area contributed by atoms with E-state index in [-0.39, 0.29) is 10.7 Å². The van der Waals surface area contributed by atoms with Crippen LogP contribution in [0.25, 0.3) is 0 Å². The van der Waals surface area contributed by atoms with Crippen LogP contribution in [0.3, 0.4) is 0 Å². The van der Waals surface area contributed by atoms with Crippen LogP contribution in [0.4, 0.5) is 5.69 Å². The molecule has 0 aliphatic carbocycles. The summed E-state index contributed by atoms with van der Waals surface area (Å²) in [6, 6.07) is 6.19. The molecule has 0 aliphatic heterocycles. The third kappa shape index (κ3) is 3.90. The number of non-ortho nitro benzene ring substituents is 1. The topological polar surface area (TPSA) is 76.2 Å². The minimum Gasteiger partial charge on any atom is -0.492 e. The molecular formula is C12H13ClN2O3. The zero-order valence-corrected chi connectivity index (χ0v) is 10.9. The largest absolute Gasteiger partial charge is 0.492 e. The van der Waals surface area contributed by atoms with Gasteiger partial charge in [-0.05, 0) is 26.3 Å². The van der Waals surface area contributed by atoms with Crippen LogP contribution in [0.15, 0.2) is 18.2 Å². The highest BCUT2D eigenvalue weighted by molar-refractivity contribution is 6.32. The minimum absolute atomic E-state index is 0.0790. The van der Waals surface area contributed by atoms with Gasteiger partial charge in [0.05, 0.1) is 28.0 Å². The van der Waals surface area contributed by atoms with Gasteiger partial charge in [-0.25, -0.2) is 0 Å². The molecule has 0 aromatic heterocycles. The molecular weight excluding hydrogens is 256 g/mol. The van der Waals surface area contributed by atoms with Crippen LogP contribution < -0.4 is 4.74 Å². The Labute approximate surface area is 110 Å². The number of hydrogen-bond acceptors (Lipinski definition) is 4. The zero-order chi connectivity index (χ0) is 13.8. The quantitative estimate of drug-likeness (QED) is 0.604. The van der Waals surface area contributed by atoms with E-state index >= 15 is 0 Å². The Morgan fingerprint density at radius 3 is 2.72 bits per heavy atom. The summed E-state index contributed by atoms with van der Waals surface area (Å²) in [5.74, 6) is 0.385. The molecule has 6 heteroatoms. The summed E-state index contributed by atoms with van der Waals surface area (Å²) >= 11 is 5.86. The Hall–Kier alpha value is -1.80. The van der Waals surface area contributed by atoms with E-state index in [2.05, 4.69) is 6.07 Å². The van der Waals surface area contributed by atoms with Gasteiger partial charge in [-0.15, -0.1) is 0 Å². The van der Waals surface area contributed by atoms with Gasteiger partial charge in [0.1, 0.15) is 5.75 Å². The number of hydrogen-bond donors (Lipinski definition) is 0. The summed E-state index contributed by atoms with van der Waals surface area (Å²) < 4.78 is 5.40. The molecule has 0 heterocycles. The molecule has 0 saturated carbocycles. The first-order valence-electron chi connectivity index (χ1n) is 5.34. The Kier molecular flexibility index (Phi) is 4.51. The molecule has 0 bridgehead atoms. The average molecular weight is 269 g/mol. The summed E-state index contributed by atoms with van der Waals surface area (Å²) in [5, 5.41) is 19.5. The lowest BCUT2D eigenvalue weighted by molar-refractivity contribution is -0.384. The van der Waals surface area contributed by atoms with E-state index < -0.39 is 10.3 Å². The Balaban J connectivity index is 2.65. The molecule has 18 heavy (non-hydrogen) atoms. The number of benzene rings is 1. The van der Waals surface area contributed by atoms with E-state index in [0.29, 0.717) is 18.8 Å². The van der Waals surface area contributed by atoms with Crippen molar-refractivity contribution in [1.29, 1.82) is 5.26 Å². The maximum atomic E-state index is 10.5. The third-order valence-corrected chi connectivity index (χ3v) is 2.71. The number of rotatable bonds is 5. The highest BCUT2D eigenvalue weighted by atomic mass is 35.5. The maximum Gasteiger partial charge on any atom is 0.271 e. The highest BCUT2D eigenvalue weighted by Gasteiger charge is 2.17. The van der Waals surface area contributed by atoms with E-state index in [1.54, 1.807) is 0 Å². The molecule has 1 aromatic carbocycles. The van der Waals surface area contributed by atoms with Gasteiger partial charge in [-0.1, -0.05) is 11.6 Å². The Morgan fingerprint density at radius 2 is 2.22 bits per heavy atom. The van der Waals surface area contributed by atoms with E-state index in [4.69, 9.17) is 21.6 Å². The molecule has 5 nitrogen and oxygen atoms in total. The normalized spacial score (nSPS) is 10.8. The molecule has 1 rings (SSSR count). The monoisotopic (exact) mass is 268 g/mol. The molecule has 0 radical (unpaired) electrons. The van der Waals surface area contributed by atoms with Crippen molar-refractivity contribution < 1.29 is 9.66 Å². The van der Waals surface area contributed by atoms with E-state index in [9.17, 15) is 10.1 Å². The van der Waals surface area contributed by atoms with Gasteiger partial charge in [0.25, 0.3) is 5.69 Å². The number of halogens is 1. The Bertz CT molecular complexity index is 495. The summed E-state index contributed by atoms with van der Waals surface area (Å²) in [4.78, 5) is 10.00. The standard InChI is InChI=1S/C12H13ClN2O3/c1-12(2,8-14)5-6-18-11-4-3-9(15(16)17)7-10(11)13/h3-4,7H,5-6H2,1-2H3. The first-order valence-corrected chi connectivity index (χ1v) is 5.71. The fourth-order valence-corrected chi connectivity index (χ4v) is 1.42. The first-order chi connectivity index (χ1) is 8.35. The first kappa shape index (κ1) is 14.3. The molecule has 0 unspecified atom stereocenters. The maximum absolute atomic E-state index is 10.5. The van der Waals surface area contributed by atoms with E-state index in [0.717, 1.165) is 0 Å². The van der Waals surface area contributed by atoms with Crippen LogP contribution >= 0.6 is 11.6 Å². The van der Waals surface area contributed by atoms with Crippen molar-refractivity contribution in [3.63, 3.8) is 0 Å². The second-order valence-electron chi connectivity index (χ2n) is 4.47. The second kappa shape index (κ2) is 5.69. The minimum atomic E-state index is -0.519. The van der Waals surface area contributed by atoms with Crippen LogP contribution in [0, 0.1) is 26.9 Å². The van der Waals surface area contributed by atoms with Crippen molar-refractivity contribution in [3.8, 4) is 11.8 Å². The highest BCUT2D eigenvalue weighted by Crippen LogP contribution is 2.29. The molecule has 0 spiro atoms. The predicted molar refractivity (Wildman–Crippen MR) is 67.6 cm³/mol. The lowest BCUT2D eigenvalue weighted by Crippen LogP contribution is -2.13. The van der Waals surface area contributed by atoms with Crippen molar-refractivity contribution in [2.75, 3.05) is 6.61 Å². The number of nitriles is 1. The Morgan fingerprint density at radius 1 is 1.56 bits per heavy atom. The van der Waals surface area contributed by atoms with Crippen LogP contribution in [0.2, 0.25) is 5.02 Å². The smallest absolute Gasteiger partial charge is 0.271 e. The molecule has 96 valence electrons. The van der Waals surface area contributed by atoms with E-state index in [1.807, 2.05) is 13.8 Å². The van der Waals surface area contributed by atoms with Crippen molar-refractivity contribution in [3.05, 3.63) is 33.3 Å². The van der Waals surface area contributed by atoms with E-state index in [1.165, 1.54) is 18.2 Å². The predicted octanol–water partition coefficient (Wildman–Crippen LogP) is 3.57. The van der Waals surface area contributed by atoms with Crippen LogP contribution in [-0.2, 0) is 0 Å². The lowest BCUT2D eigenvalue weighted by atomic mass is 9.92. The van der Waals surface area contributed by atoms with Crippen LogP contribution in [-0.4, -0.2) is 11.5 Å². The fraction of sp³-hybridized carbons (Fsp3) is 0.417. The second-order valence-corrected chi connectivity index (χ2v) is 4.87. The van der Waals surface area contributed by atoms with Crippen molar-refractivity contribution in [2.24, 2.45) is 5.41 Å². The summed E-state index contributed by atoms with van der Waals surface area (Å²) in [5.41, 5.74) is -0.544. The van der Waals surface area contributed by atoms with Crippen molar-refractivity contribution in [1.82, 2.24) is 0 Å². The van der Waals surface area contributed by atoms with Gasteiger partial charge in [0.2, 0.25) is 0 Å². The molecule has 0 aliphatic rings. The molecule has 0 amide bonds. The summed E-state index contributed by atoms with van der Waals surface area (Å²) in [6.45, 7) is 3.96. The summed E-state index contributed by atoms with van der Waals surface area (Å²) in [7, 11) is 0. The van der Waals surface area contributed by atoms with Gasteiger partial charge >= 0.3 is 0 Å². The van der Waals surface area contributed by atoms with Gasteiger partial charge in [-0.2, -0.15) is 5.26 Å². The number of nitrogens with zero attached hydrogens (tertiary/aromatic N) is 2. The molecule has 0 atom stereocenters. The molecule has 1 aromatic rings. The molecule has 0 fully saturated rings. The van der Waals surface area contributed by atoms with Crippen molar-refractivity contribution in [2.45, 2.75) is 20.3 Å². The summed E-state index contributed by atoms with van der Waals surface area (Å²) in [6.07, 6.45) is 0.552. The van der Waals surface area contributed by atoms with Crippen LogP contribution in [0.1, 0.15) is 20.3 Å². The zero-order valence-electron chi connectivity index (χ0n) is 10.1. The number of ether oxygens (including phenoxy) is 1. The third-order valence-electron chi connectivity index (χ3n) is 2.41. The number of nitro groups is 1. The SMILES string of the molecule is CC(C)(C#N)CCOc1ccc([N+](=O)[O-])cc1Cl. The van der Waals surface area contributed by atoms with Gasteiger partial charge < -0.3 is 4.74 Å². The number of nitro benzene ring substituents is 1. The van der Waals surface area contributed by atoms with Gasteiger partial charge in [0, 0.05) is 12.1 Å².